The number of halogens is 2. The summed E-state index contributed by atoms with van der Waals surface area (Å²) in [6.45, 7) is 7.80. The Morgan fingerprint density at radius 2 is 1.85 bits per heavy atom. The van der Waals surface area contributed by atoms with Crippen LogP contribution in [0.1, 0.15) is 30.9 Å². The van der Waals surface area contributed by atoms with Crippen molar-refractivity contribution in [1.29, 1.82) is 0 Å². The summed E-state index contributed by atoms with van der Waals surface area (Å²) in [5.74, 6) is -1.19. The van der Waals surface area contributed by atoms with Crippen LogP contribution in [-0.2, 0) is 20.9 Å². The monoisotopic (exact) mass is 563 g/mol. The number of carbonyl (C=O) groups is 2. The van der Waals surface area contributed by atoms with Gasteiger partial charge in [-0.2, -0.15) is 0 Å². The zero-order valence-corrected chi connectivity index (χ0v) is 23.1. The number of nitrogens with zero attached hydrogens (tertiary/aromatic N) is 2. The average molecular weight is 564 g/mol. The number of nitrogens with one attached hydrogen (secondary N) is 3. The van der Waals surface area contributed by atoms with E-state index in [1.165, 1.54) is 18.2 Å². The molecule has 41 heavy (non-hydrogen) atoms. The van der Waals surface area contributed by atoms with Gasteiger partial charge in [-0.15, -0.1) is 0 Å². The highest BCUT2D eigenvalue weighted by atomic mass is 19.1. The van der Waals surface area contributed by atoms with Crippen molar-refractivity contribution in [3.05, 3.63) is 76.5 Å². The van der Waals surface area contributed by atoms with Crippen molar-refractivity contribution in [2.75, 3.05) is 56.6 Å². The van der Waals surface area contributed by atoms with E-state index in [1.54, 1.807) is 18.2 Å². The summed E-state index contributed by atoms with van der Waals surface area (Å²) in [7, 11) is 0. The number of rotatable bonds is 7. The molecule has 0 aromatic heterocycles. The highest BCUT2D eigenvalue weighted by molar-refractivity contribution is 6.31. The van der Waals surface area contributed by atoms with Gasteiger partial charge >= 0.3 is 0 Å². The Labute approximate surface area is 238 Å². The molecule has 2 unspecified atom stereocenters. The van der Waals surface area contributed by atoms with E-state index in [-0.39, 0.29) is 35.3 Å². The molecule has 0 bridgehead atoms. The molecule has 0 saturated carbocycles. The van der Waals surface area contributed by atoms with E-state index in [9.17, 15) is 14.0 Å². The number of allylic oxidation sites excluding steroid dienone is 1. The van der Waals surface area contributed by atoms with Crippen LogP contribution in [0.4, 0.5) is 20.2 Å². The summed E-state index contributed by atoms with van der Waals surface area (Å²) in [6, 6.07) is 8.68. The summed E-state index contributed by atoms with van der Waals surface area (Å²) in [5.41, 5.74) is 4.20. The number of carbonyl (C=O) groups excluding carboxylic acids is 2. The minimum atomic E-state index is -0.485. The van der Waals surface area contributed by atoms with Gasteiger partial charge in [0.15, 0.2) is 0 Å². The molecule has 216 valence electrons. The van der Waals surface area contributed by atoms with Gasteiger partial charge < -0.3 is 25.6 Å². The lowest BCUT2D eigenvalue weighted by Crippen LogP contribution is -2.44. The van der Waals surface area contributed by atoms with Gasteiger partial charge in [0.1, 0.15) is 11.6 Å². The van der Waals surface area contributed by atoms with Gasteiger partial charge in [0, 0.05) is 67.6 Å². The lowest BCUT2D eigenvalue weighted by atomic mass is 9.92. The predicted molar refractivity (Wildman–Crippen MR) is 153 cm³/mol. The summed E-state index contributed by atoms with van der Waals surface area (Å²) in [6.07, 6.45) is 3.48. The van der Waals surface area contributed by atoms with Crippen LogP contribution >= 0.6 is 0 Å². The average Bonchev–Trinajstić information content (AvgIpc) is 3.38. The number of amides is 2. The molecule has 2 atom stereocenters. The van der Waals surface area contributed by atoms with E-state index in [1.807, 2.05) is 17.9 Å². The van der Waals surface area contributed by atoms with Gasteiger partial charge in [0.25, 0.3) is 11.8 Å². The van der Waals surface area contributed by atoms with E-state index in [4.69, 9.17) is 4.74 Å². The molecule has 1 fully saturated rings. The van der Waals surface area contributed by atoms with E-state index < -0.39 is 5.82 Å². The molecule has 4 heterocycles. The van der Waals surface area contributed by atoms with Crippen LogP contribution in [0.5, 0.6) is 0 Å². The van der Waals surface area contributed by atoms with Gasteiger partial charge in [0.05, 0.1) is 30.6 Å². The van der Waals surface area contributed by atoms with Crippen molar-refractivity contribution in [1.82, 2.24) is 15.1 Å². The molecular weight excluding hydrogens is 528 g/mol. The first-order chi connectivity index (χ1) is 19.9. The number of ether oxygens (including phenoxy) is 1. The van der Waals surface area contributed by atoms with Gasteiger partial charge in [-0.1, -0.05) is 19.1 Å². The van der Waals surface area contributed by atoms with Gasteiger partial charge in [-0.05, 0) is 48.7 Å². The van der Waals surface area contributed by atoms with Crippen LogP contribution < -0.4 is 16.0 Å². The van der Waals surface area contributed by atoms with E-state index in [0.29, 0.717) is 29.9 Å². The lowest BCUT2D eigenvalue weighted by molar-refractivity contribution is -0.127. The molecule has 4 aliphatic heterocycles. The Kier molecular flexibility index (Phi) is 7.77. The number of anilines is 2. The third kappa shape index (κ3) is 5.71. The number of hydrogen-bond donors (Lipinski definition) is 3. The smallest absolute Gasteiger partial charge is 0.256 e. The molecule has 0 spiro atoms. The number of morpholine rings is 1. The zero-order chi connectivity index (χ0) is 28.5. The SMILES string of the molecule is CC1C2=C(CCCN(CCN3CCOCC3)C2=O)NC1/C=C1\C(=O)Nc2cc(NCc3ccc(F)cc3)c(F)cc21. The fourth-order valence-electron chi connectivity index (χ4n) is 6.09. The van der Waals surface area contributed by atoms with Crippen LogP contribution in [0.2, 0.25) is 0 Å². The van der Waals surface area contributed by atoms with Crippen molar-refractivity contribution in [2.45, 2.75) is 32.4 Å². The Bertz CT molecular complexity index is 1400. The summed E-state index contributed by atoms with van der Waals surface area (Å²) in [4.78, 5) is 30.9. The molecule has 10 heteroatoms. The molecule has 2 aromatic rings. The maximum absolute atomic E-state index is 15.1. The van der Waals surface area contributed by atoms with E-state index >= 15 is 4.39 Å². The second-order valence-electron chi connectivity index (χ2n) is 11.1. The second-order valence-corrected chi connectivity index (χ2v) is 11.1. The molecule has 3 N–H and O–H groups in total. The first kappa shape index (κ1) is 27.4. The van der Waals surface area contributed by atoms with Crippen LogP contribution in [-0.4, -0.2) is 73.6 Å². The van der Waals surface area contributed by atoms with Gasteiger partial charge in [0.2, 0.25) is 0 Å². The number of fused-ring (bicyclic) bond motifs is 1. The van der Waals surface area contributed by atoms with Crippen molar-refractivity contribution in [3.8, 4) is 0 Å². The molecule has 6 rings (SSSR count). The second kappa shape index (κ2) is 11.6. The van der Waals surface area contributed by atoms with Gasteiger partial charge in [-0.25, -0.2) is 8.78 Å². The number of benzene rings is 2. The Morgan fingerprint density at radius 3 is 2.63 bits per heavy atom. The molecule has 4 aliphatic rings. The molecule has 0 radical (unpaired) electrons. The normalized spacial score (nSPS) is 23.8. The molecule has 8 nitrogen and oxygen atoms in total. The standard InChI is InChI=1S/C31H35F2N5O3/c1-19-26(35-25-3-2-8-38(31(40)29(19)25)10-9-37-11-13-41-14-12-37)16-23-22-15-24(33)28(17-27(22)36-30(23)39)34-18-20-4-6-21(32)7-5-20/h4-7,15-17,19,26,34-35H,2-3,8-14,18H2,1H3,(H,36,39)/b23-16-. The quantitative estimate of drug-likeness (QED) is 0.446. The largest absolute Gasteiger partial charge is 0.381 e. The van der Waals surface area contributed by atoms with Crippen molar-refractivity contribution < 1.29 is 23.1 Å². The zero-order valence-electron chi connectivity index (χ0n) is 23.1. The molecule has 0 aliphatic carbocycles. The van der Waals surface area contributed by atoms with Crippen LogP contribution in [0.25, 0.3) is 5.57 Å². The maximum Gasteiger partial charge on any atom is 0.256 e. The topological polar surface area (TPSA) is 85.9 Å². The molecular formula is C31H35F2N5O3. The highest BCUT2D eigenvalue weighted by Gasteiger charge is 2.39. The van der Waals surface area contributed by atoms with Gasteiger partial charge in [-0.3, -0.25) is 14.5 Å². The summed E-state index contributed by atoms with van der Waals surface area (Å²) in [5, 5.41) is 9.38. The minimum Gasteiger partial charge on any atom is -0.381 e. The van der Waals surface area contributed by atoms with Crippen molar-refractivity contribution in [2.24, 2.45) is 5.92 Å². The van der Waals surface area contributed by atoms with E-state index in [2.05, 4.69) is 20.9 Å². The van der Waals surface area contributed by atoms with Crippen molar-refractivity contribution >= 4 is 28.8 Å². The fraction of sp³-hybridized carbons (Fsp3) is 0.419. The Morgan fingerprint density at radius 1 is 1.07 bits per heavy atom. The third-order valence-electron chi connectivity index (χ3n) is 8.45. The molecule has 2 aromatic carbocycles. The summed E-state index contributed by atoms with van der Waals surface area (Å²) >= 11 is 0. The minimum absolute atomic E-state index is 0.0610. The van der Waals surface area contributed by atoms with Crippen molar-refractivity contribution in [3.63, 3.8) is 0 Å². The molecule has 1 saturated heterocycles. The Balaban J connectivity index is 1.15. The first-order valence-corrected chi connectivity index (χ1v) is 14.3. The maximum atomic E-state index is 15.1. The lowest BCUT2D eigenvalue weighted by Gasteiger charge is -2.30. The highest BCUT2D eigenvalue weighted by Crippen LogP contribution is 2.39. The van der Waals surface area contributed by atoms with Crippen LogP contribution in [0.15, 0.2) is 53.7 Å². The third-order valence-corrected chi connectivity index (χ3v) is 8.45. The summed E-state index contributed by atoms with van der Waals surface area (Å²) < 4.78 is 33.7. The van der Waals surface area contributed by atoms with Crippen LogP contribution in [0.3, 0.4) is 0 Å². The number of hydrogen-bond acceptors (Lipinski definition) is 6. The van der Waals surface area contributed by atoms with Crippen LogP contribution in [0, 0.1) is 17.6 Å². The first-order valence-electron chi connectivity index (χ1n) is 14.3. The fourth-order valence-corrected chi connectivity index (χ4v) is 6.09. The predicted octanol–water partition coefficient (Wildman–Crippen LogP) is 3.73. The van der Waals surface area contributed by atoms with E-state index in [0.717, 1.165) is 69.1 Å². The Hall–Kier alpha value is -3.76. The molecule has 2 amide bonds.